The van der Waals surface area contributed by atoms with E-state index in [9.17, 15) is 14.4 Å². The number of nitrogens with zero attached hydrogens (tertiary/aromatic N) is 4. The molecule has 3 amide bonds. The molecule has 1 N–H and O–H groups in total. The molecule has 2 aliphatic rings. The van der Waals surface area contributed by atoms with Gasteiger partial charge in [-0.15, -0.1) is 0 Å². The third kappa shape index (κ3) is 2.96. The maximum Gasteiger partial charge on any atom is 0.255 e. The SMILES string of the molecule is Cc1nn(C)c2nc(-c3ccccc3)cc(C(=O)N(C3CC3)[C@H]3CC(=O)NC3=O)c12. The zero-order valence-electron chi connectivity index (χ0n) is 16.8. The van der Waals surface area contributed by atoms with Gasteiger partial charge in [0.1, 0.15) is 6.04 Å². The average molecular weight is 403 g/mol. The highest BCUT2D eigenvalue weighted by Gasteiger charge is 2.45. The van der Waals surface area contributed by atoms with Gasteiger partial charge in [0.15, 0.2) is 5.65 Å². The molecule has 152 valence electrons. The van der Waals surface area contributed by atoms with E-state index in [2.05, 4.69) is 10.4 Å². The number of aryl methyl sites for hydroxylation is 2. The molecular formula is C22H21N5O3. The Balaban J connectivity index is 1.67. The number of nitrogens with one attached hydrogen (secondary N) is 1. The van der Waals surface area contributed by atoms with Gasteiger partial charge < -0.3 is 4.90 Å². The molecule has 3 aromatic rings. The van der Waals surface area contributed by atoms with Crippen molar-refractivity contribution in [2.75, 3.05) is 0 Å². The second-order valence-corrected chi connectivity index (χ2v) is 7.90. The zero-order chi connectivity index (χ0) is 21.0. The molecule has 1 saturated carbocycles. The summed E-state index contributed by atoms with van der Waals surface area (Å²) < 4.78 is 1.67. The van der Waals surface area contributed by atoms with Crippen molar-refractivity contribution in [1.29, 1.82) is 0 Å². The van der Waals surface area contributed by atoms with Crippen LogP contribution in [0.15, 0.2) is 36.4 Å². The predicted octanol–water partition coefficient (Wildman–Crippen LogP) is 1.96. The maximum atomic E-state index is 13.8. The molecule has 1 aliphatic heterocycles. The molecule has 1 saturated heterocycles. The van der Waals surface area contributed by atoms with Gasteiger partial charge in [-0.05, 0) is 25.8 Å². The summed E-state index contributed by atoms with van der Waals surface area (Å²) >= 11 is 0. The number of fused-ring (bicyclic) bond motifs is 1. The second kappa shape index (κ2) is 6.76. The van der Waals surface area contributed by atoms with Gasteiger partial charge in [0.2, 0.25) is 11.8 Å². The van der Waals surface area contributed by atoms with Gasteiger partial charge in [0, 0.05) is 18.7 Å². The molecule has 2 aromatic heterocycles. The average Bonchev–Trinajstić information content (AvgIpc) is 3.45. The Labute approximate surface area is 172 Å². The minimum atomic E-state index is -0.766. The van der Waals surface area contributed by atoms with Crippen LogP contribution in [0, 0.1) is 6.92 Å². The molecule has 1 aromatic carbocycles. The molecule has 8 nitrogen and oxygen atoms in total. The lowest BCUT2D eigenvalue weighted by atomic mass is 10.0. The van der Waals surface area contributed by atoms with E-state index in [-0.39, 0.29) is 24.3 Å². The van der Waals surface area contributed by atoms with Crippen molar-refractivity contribution in [1.82, 2.24) is 25.0 Å². The first-order chi connectivity index (χ1) is 14.4. The van der Waals surface area contributed by atoms with Crippen LogP contribution in [-0.2, 0) is 16.6 Å². The molecule has 1 aliphatic carbocycles. The molecule has 8 heteroatoms. The number of amides is 3. The number of rotatable bonds is 4. The van der Waals surface area contributed by atoms with Gasteiger partial charge in [0.05, 0.1) is 28.8 Å². The lowest BCUT2D eigenvalue weighted by Gasteiger charge is -2.27. The van der Waals surface area contributed by atoms with Crippen molar-refractivity contribution in [2.45, 2.75) is 38.3 Å². The van der Waals surface area contributed by atoms with E-state index in [0.29, 0.717) is 28.0 Å². The van der Waals surface area contributed by atoms with E-state index in [1.807, 2.05) is 37.3 Å². The largest absolute Gasteiger partial charge is 0.323 e. The Morgan fingerprint density at radius 1 is 1.20 bits per heavy atom. The Morgan fingerprint density at radius 2 is 1.93 bits per heavy atom. The number of hydrogen-bond acceptors (Lipinski definition) is 5. The summed E-state index contributed by atoms with van der Waals surface area (Å²) in [6.07, 6.45) is 1.66. The summed E-state index contributed by atoms with van der Waals surface area (Å²) in [6, 6.07) is 10.6. The Kier molecular flexibility index (Phi) is 4.16. The molecule has 0 bridgehead atoms. The van der Waals surface area contributed by atoms with Crippen LogP contribution in [0.5, 0.6) is 0 Å². The first-order valence-corrected chi connectivity index (χ1v) is 10.00. The van der Waals surface area contributed by atoms with Gasteiger partial charge in [-0.25, -0.2) is 4.98 Å². The summed E-state index contributed by atoms with van der Waals surface area (Å²) in [5.74, 6) is -1.00. The Bertz CT molecular complexity index is 1200. The van der Waals surface area contributed by atoms with Gasteiger partial charge in [-0.1, -0.05) is 30.3 Å². The summed E-state index contributed by atoms with van der Waals surface area (Å²) in [7, 11) is 1.80. The van der Waals surface area contributed by atoms with Crippen LogP contribution < -0.4 is 5.32 Å². The molecule has 2 fully saturated rings. The number of imide groups is 1. The van der Waals surface area contributed by atoms with Crippen LogP contribution in [0.4, 0.5) is 0 Å². The molecular weight excluding hydrogens is 382 g/mol. The fourth-order valence-electron chi connectivity index (χ4n) is 4.19. The van der Waals surface area contributed by atoms with E-state index in [4.69, 9.17) is 4.98 Å². The standard InChI is InChI=1S/C22H21N5O3/c1-12-19-15(22(30)27(14-8-9-14)17-11-18(28)24-21(17)29)10-16(13-6-4-3-5-7-13)23-20(19)26(2)25-12/h3-7,10,14,17H,8-9,11H2,1-2H3,(H,24,28,29)/t17-/m0/s1. The van der Waals surface area contributed by atoms with Crippen LogP contribution >= 0.6 is 0 Å². The van der Waals surface area contributed by atoms with Gasteiger partial charge in [-0.3, -0.25) is 24.4 Å². The summed E-state index contributed by atoms with van der Waals surface area (Å²) in [4.78, 5) is 44.3. The van der Waals surface area contributed by atoms with E-state index < -0.39 is 11.9 Å². The third-order valence-electron chi connectivity index (χ3n) is 5.72. The molecule has 0 unspecified atom stereocenters. The first kappa shape index (κ1) is 18.5. The normalized spacial score (nSPS) is 18.7. The highest BCUT2D eigenvalue weighted by atomic mass is 16.2. The second-order valence-electron chi connectivity index (χ2n) is 7.90. The number of carbonyl (C=O) groups is 3. The number of hydrogen-bond donors (Lipinski definition) is 1. The van der Waals surface area contributed by atoms with Crippen molar-refractivity contribution in [3.63, 3.8) is 0 Å². The molecule has 0 spiro atoms. The van der Waals surface area contributed by atoms with Crippen LogP contribution in [0.3, 0.4) is 0 Å². The lowest BCUT2D eigenvalue weighted by Crippen LogP contribution is -2.46. The molecule has 0 radical (unpaired) electrons. The molecule has 3 heterocycles. The third-order valence-corrected chi connectivity index (χ3v) is 5.72. The highest BCUT2D eigenvalue weighted by molar-refractivity contribution is 6.12. The highest BCUT2D eigenvalue weighted by Crippen LogP contribution is 2.35. The molecule has 30 heavy (non-hydrogen) atoms. The minimum absolute atomic E-state index is 0.00681. The van der Waals surface area contributed by atoms with Gasteiger partial charge >= 0.3 is 0 Å². The van der Waals surface area contributed by atoms with Crippen LogP contribution in [0.2, 0.25) is 0 Å². The van der Waals surface area contributed by atoms with Crippen LogP contribution in [0.1, 0.15) is 35.3 Å². The number of benzene rings is 1. The summed E-state index contributed by atoms with van der Waals surface area (Å²) in [6.45, 7) is 1.84. The number of pyridine rings is 1. The van der Waals surface area contributed by atoms with E-state index in [0.717, 1.165) is 18.4 Å². The fraction of sp³-hybridized carbons (Fsp3) is 0.318. The maximum absolute atomic E-state index is 13.8. The van der Waals surface area contributed by atoms with Crippen molar-refractivity contribution in [3.05, 3.63) is 47.7 Å². The quantitative estimate of drug-likeness (QED) is 0.672. The lowest BCUT2D eigenvalue weighted by molar-refractivity contribution is -0.126. The van der Waals surface area contributed by atoms with Crippen LogP contribution in [-0.4, -0.2) is 49.5 Å². The van der Waals surface area contributed by atoms with E-state index in [1.165, 1.54) is 0 Å². The minimum Gasteiger partial charge on any atom is -0.323 e. The van der Waals surface area contributed by atoms with Crippen LogP contribution in [0.25, 0.3) is 22.3 Å². The topological polar surface area (TPSA) is 97.2 Å². The Hall–Kier alpha value is -3.55. The van der Waals surface area contributed by atoms with E-state index >= 15 is 0 Å². The number of carbonyl (C=O) groups excluding carboxylic acids is 3. The molecule has 1 atom stereocenters. The van der Waals surface area contributed by atoms with E-state index in [1.54, 1.807) is 22.7 Å². The monoisotopic (exact) mass is 403 g/mol. The van der Waals surface area contributed by atoms with Crippen molar-refractivity contribution < 1.29 is 14.4 Å². The predicted molar refractivity (Wildman–Crippen MR) is 109 cm³/mol. The van der Waals surface area contributed by atoms with Gasteiger partial charge in [-0.2, -0.15) is 5.10 Å². The first-order valence-electron chi connectivity index (χ1n) is 10.00. The summed E-state index contributed by atoms with van der Waals surface area (Å²) in [5, 5.41) is 7.47. The summed E-state index contributed by atoms with van der Waals surface area (Å²) in [5.41, 5.74) is 3.32. The van der Waals surface area contributed by atoms with Crippen molar-refractivity contribution in [3.8, 4) is 11.3 Å². The Morgan fingerprint density at radius 3 is 2.57 bits per heavy atom. The fourth-order valence-corrected chi connectivity index (χ4v) is 4.19. The van der Waals surface area contributed by atoms with Crippen molar-refractivity contribution >= 4 is 28.8 Å². The number of aromatic nitrogens is 3. The van der Waals surface area contributed by atoms with Gasteiger partial charge in [0.25, 0.3) is 5.91 Å². The smallest absolute Gasteiger partial charge is 0.255 e. The molecule has 5 rings (SSSR count). The van der Waals surface area contributed by atoms with Crippen molar-refractivity contribution in [2.24, 2.45) is 7.05 Å². The zero-order valence-corrected chi connectivity index (χ0v) is 16.8.